The zero-order valence-electron chi connectivity index (χ0n) is 18.5. The predicted molar refractivity (Wildman–Crippen MR) is 138 cm³/mol. The molecule has 0 aromatic heterocycles. The summed E-state index contributed by atoms with van der Waals surface area (Å²) < 4.78 is 0. The normalized spacial score (nSPS) is 14.1. The van der Waals surface area contributed by atoms with Gasteiger partial charge in [-0.2, -0.15) is 0 Å². The molecular weight excluding hydrogens is 501 g/mol. The fourth-order valence-corrected chi connectivity index (χ4v) is 3.61. The summed E-state index contributed by atoms with van der Waals surface area (Å²) in [4.78, 5) is 19.0. The Hall–Kier alpha value is -2.13. The number of benzene rings is 2. The van der Waals surface area contributed by atoms with Crippen molar-refractivity contribution in [2.24, 2.45) is 4.99 Å². The highest BCUT2D eigenvalue weighted by atomic mass is 127. The number of aliphatic imine (C=N–C) groups is 1. The van der Waals surface area contributed by atoms with Gasteiger partial charge in [-0.05, 0) is 61.7 Å². The van der Waals surface area contributed by atoms with Crippen molar-refractivity contribution in [3.05, 3.63) is 70.8 Å². The molecule has 2 aromatic carbocycles. The van der Waals surface area contributed by atoms with Crippen LogP contribution in [0.1, 0.15) is 46.8 Å². The molecule has 1 fully saturated rings. The van der Waals surface area contributed by atoms with E-state index in [1.165, 1.54) is 37.1 Å². The Labute approximate surface area is 202 Å². The molecule has 3 rings (SSSR count). The molecule has 7 heteroatoms. The van der Waals surface area contributed by atoms with Gasteiger partial charge in [-0.3, -0.25) is 9.69 Å². The third-order valence-electron chi connectivity index (χ3n) is 5.27. The SMILES string of the molecule is CCNC(=NCc1cccc(C(=O)NC)c1)NCc1ccc(CN2CCCC2)cc1.I. The van der Waals surface area contributed by atoms with E-state index in [1.807, 2.05) is 24.3 Å². The summed E-state index contributed by atoms with van der Waals surface area (Å²) in [6.07, 6.45) is 2.65. The summed E-state index contributed by atoms with van der Waals surface area (Å²) in [5.41, 5.74) is 4.25. The smallest absolute Gasteiger partial charge is 0.251 e. The first kappa shape index (κ1) is 25.1. The average molecular weight is 535 g/mol. The third kappa shape index (κ3) is 8.14. The number of likely N-dealkylation sites (tertiary alicyclic amines) is 1. The first-order valence-electron chi connectivity index (χ1n) is 10.8. The number of hydrogen-bond acceptors (Lipinski definition) is 3. The Bertz CT molecular complexity index is 847. The number of halogens is 1. The van der Waals surface area contributed by atoms with Gasteiger partial charge >= 0.3 is 0 Å². The van der Waals surface area contributed by atoms with Gasteiger partial charge in [0.25, 0.3) is 5.91 Å². The second-order valence-electron chi connectivity index (χ2n) is 7.63. The lowest BCUT2D eigenvalue weighted by atomic mass is 10.1. The molecule has 1 heterocycles. The van der Waals surface area contributed by atoms with Crippen molar-refractivity contribution in [2.45, 2.75) is 39.4 Å². The van der Waals surface area contributed by atoms with Crippen molar-refractivity contribution in [2.75, 3.05) is 26.7 Å². The maximum absolute atomic E-state index is 11.8. The van der Waals surface area contributed by atoms with Gasteiger partial charge in [0, 0.05) is 32.2 Å². The van der Waals surface area contributed by atoms with Crippen molar-refractivity contribution in [3.63, 3.8) is 0 Å². The Kier molecular flexibility index (Phi) is 10.8. The lowest BCUT2D eigenvalue weighted by molar-refractivity contribution is 0.0963. The summed E-state index contributed by atoms with van der Waals surface area (Å²) in [6.45, 7) is 7.56. The Morgan fingerprint density at radius 1 is 1.00 bits per heavy atom. The Morgan fingerprint density at radius 3 is 2.39 bits per heavy atom. The lowest BCUT2D eigenvalue weighted by Gasteiger charge is -2.15. The highest BCUT2D eigenvalue weighted by molar-refractivity contribution is 14.0. The molecule has 168 valence electrons. The molecule has 0 unspecified atom stereocenters. The second-order valence-corrected chi connectivity index (χ2v) is 7.63. The molecule has 0 atom stereocenters. The summed E-state index contributed by atoms with van der Waals surface area (Å²) in [5, 5.41) is 9.34. The molecule has 1 aliphatic heterocycles. The maximum Gasteiger partial charge on any atom is 0.251 e. The van der Waals surface area contributed by atoms with E-state index in [1.54, 1.807) is 7.05 Å². The Morgan fingerprint density at radius 2 is 1.71 bits per heavy atom. The van der Waals surface area contributed by atoms with E-state index in [0.717, 1.165) is 24.6 Å². The number of carbonyl (C=O) groups excluding carboxylic acids is 1. The van der Waals surface area contributed by atoms with Crippen molar-refractivity contribution in [1.29, 1.82) is 0 Å². The number of nitrogens with zero attached hydrogens (tertiary/aromatic N) is 2. The van der Waals surface area contributed by atoms with Crippen LogP contribution in [0.25, 0.3) is 0 Å². The van der Waals surface area contributed by atoms with Crippen LogP contribution >= 0.6 is 24.0 Å². The molecule has 0 aliphatic carbocycles. The lowest BCUT2D eigenvalue weighted by Crippen LogP contribution is -2.36. The van der Waals surface area contributed by atoms with E-state index in [2.05, 4.69) is 57.0 Å². The zero-order chi connectivity index (χ0) is 21.2. The average Bonchev–Trinajstić information content (AvgIpc) is 3.29. The molecule has 0 radical (unpaired) electrons. The fourth-order valence-electron chi connectivity index (χ4n) is 3.61. The van der Waals surface area contributed by atoms with Crippen molar-refractivity contribution in [3.8, 4) is 0 Å². The van der Waals surface area contributed by atoms with Gasteiger partial charge < -0.3 is 16.0 Å². The molecule has 1 saturated heterocycles. The van der Waals surface area contributed by atoms with Gasteiger partial charge in [-0.25, -0.2) is 4.99 Å². The minimum absolute atomic E-state index is 0. The number of amides is 1. The molecule has 3 N–H and O–H groups in total. The minimum atomic E-state index is -0.0842. The predicted octanol–water partition coefficient (Wildman–Crippen LogP) is 3.52. The number of nitrogens with one attached hydrogen (secondary N) is 3. The molecule has 0 spiro atoms. The van der Waals surface area contributed by atoms with Gasteiger partial charge in [0.05, 0.1) is 6.54 Å². The van der Waals surface area contributed by atoms with E-state index in [-0.39, 0.29) is 29.9 Å². The van der Waals surface area contributed by atoms with E-state index in [0.29, 0.717) is 18.7 Å². The van der Waals surface area contributed by atoms with Gasteiger partial charge in [-0.1, -0.05) is 36.4 Å². The van der Waals surface area contributed by atoms with Crippen LogP contribution in [-0.4, -0.2) is 43.4 Å². The molecule has 1 aliphatic rings. The summed E-state index contributed by atoms with van der Waals surface area (Å²) in [7, 11) is 1.64. The van der Waals surface area contributed by atoms with Crippen molar-refractivity contribution in [1.82, 2.24) is 20.9 Å². The largest absolute Gasteiger partial charge is 0.357 e. The van der Waals surface area contributed by atoms with E-state index in [9.17, 15) is 4.79 Å². The molecule has 6 nitrogen and oxygen atoms in total. The summed E-state index contributed by atoms with van der Waals surface area (Å²) >= 11 is 0. The third-order valence-corrected chi connectivity index (χ3v) is 5.27. The first-order chi connectivity index (χ1) is 14.7. The number of rotatable bonds is 8. The van der Waals surface area contributed by atoms with E-state index >= 15 is 0 Å². The maximum atomic E-state index is 11.8. The molecule has 0 saturated carbocycles. The topological polar surface area (TPSA) is 68.8 Å². The van der Waals surface area contributed by atoms with E-state index in [4.69, 9.17) is 0 Å². The van der Waals surface area contributed by atoms with Crippen molar-refractivity contribution >= 4 is 35.8 Å². The molecule has 1 amide bonds. The Balaban J connectivity index is 0.00000341. The van der Waals surface area contributed by atoms with Crippen LogP contribution in [0.15, 0.2) is 53.5 Å². The van der Waals surface area contributed by atoms with Crippen LogP contribution in [0.5, 0.6) is 0 Å². The number of hydrogen-bond donors (Lipinski definition) is 3. The molecule has 0 bridgehead atoms. The van der Waals surface area contributed by atoms with E-state index < -0.39 is 0 Å². The molecule has 2 aromatic rings. The zero-order valence-corrected chi connectivity index (χ0v) is 20.8. The highest BCUT2D eigenvalue weighted by Crippen LogP contribution is 2.13. The minimum Gasteiger partial charge on any atom is -0.357 e. The van der Waals surface area contributed by atoms with Crippen molar-refractivity contribution < 1.29 is 4.79 Å². The number of carbonyl (C=O) groups is 1. The fraction of sp³-hybridized carbons (Fsp3) is 0.417. The van der Waals surface area contributed by atoms with Gasteiger partial charge in [0.15, 0.2) is 5.96 Å². The highest BCUT2D eigenvalue weighted by Gasteiger charge is 2.11. The van der Waals surface area contributed by atoms with Crippen LogP contribution in [-0.2, 0) is 19.6 Å². The van der Waals surface area contributed by atoms with Crippen LogP contribution < -0.4 is 16.0 Å². The quantitative estimate of drug-likeness (QED) is 0.275. The standard InChI is InChI=1S/C24H33N5O.HI/c1-3-26-24(28-17-21-7-6-8-22(15-21)23(30)25-2)27-16-19-9-11-20(12-10-19)18-29-13-4-5-14-29;/h6-12,15H,3-5,13-14,16-18H2,1-2H3,(H,25,30)(H2,26,27,28);1H. The van der Waals surface area contributed by atoms with Gasteiger partial charge in [0.1, 0.15) is 0 Å². The molecule has 31 heavy (non-hydrogen) atoms. The van der Waals surface area contributed by atoms with Crippen LogP contribution in [0, 0.1) is 0 Å². The number of guanidine groups is 1. The van der Waals surface area contributed by atoms with Gasteiger partial charge in [0.2, 0.25) is 0 Å². The molecular formula is C24H34IN5O. The summed E-state index contributed by atoms with van der Waals surface area (Å²) in [6, 6.07) is 16.4. The first-order valence-corrected chi connectivity index (χ1v) is 10.8. The summed E-state index contributed by atoms with van der Waals surface area (Å²) in [5.74, 6) is 0.683. The second kappa shape index (κ2) is 13.3. The van der Waals surface area contributed by atoms with Crippen LogP contribution in [0.2, 0.25) is 0 Å². The van der Waals surface area contributed by atoms with Gasteiger partial charge in [-0.15, -0.1) is 24.0 Å². The van der Waals surface area contributed by atoms with Crippen LogP contribution in [0.4, 0.5) is 0 Å². The monoisotopic (exact) mass is 535 g/mol. The van der Waals surface area contributed by atoms with Crippen LogP contribution in [0.3, 0.4) is 0 Å².